The van der Waals surface area contributed by atoms with E-state index in [1.54, 1.807) is 35.8 Å². The number of H-pyrrole nitrogens is 1. The third kappa shape index (κ3) is 4.73. The average molecular weight is 393 g/mol. The molecule has 1 atom stereocenters. The molecule has 1 aromatic carbocycles. The number of aromatic nitrogens is 4. The third-order valence-electron chi connectivity index (χ3n) is 3.53. The Balaban J connectivity index is 1.61. The van der Waals surface area contributed by atoms with E-state index in [1.807, 2.05) is 6.07 Å². The number of rotatable bonds is 9. The Morgan fingerprint density at radius 3 is 2.81 bits per heavy atom. The van der Waals surface area contributed by atoms with Crippen LogP contribution >= 0.6 is 7.60 Å². The monoisotopic (exact) mass is 393 g/mol. The topological polar surface area (TPSA) is 134 Å². The maximum Gasteiger partial charge on any atom is 0.404 e. The fraction of sp³-hybridized carbons (Fsp3) is 0.312. The van der Waals surface area contributed by atoms with Crippen LogP contribution in [0.4, 0.5) is 5.95 Å². The zero-order chi connectivity index (χ0) is 19.3. The maximum atomic E-state index is 12.8. The van der Waals surface area contributed by atoms with Crippen molar-refractivity contribution in [1.82, 2.24) is 19.5 Å². The summed E-state index contributed by atoms with van der Waals surface area (Å²) in [7, 11) is -3.45. The number of nitrogens with zero attached hydrogens (tertiary/aromatic N) is 3. The molecule has 0 aliphatic rings. The molecule has 3 rings (SSSR count). The van der Waals surface area contributed by atoms with Crippen molar-refractivity contribution in [3.05, 3.63) is 47.0 Å². The number of ether oxygens (including phenoxy) is 1. The summed E-state index contributed by atoms with van der Waals surface area (Å²) in [5, 5.41) is 0. The molecular weight excluding hydrogens is 373 g/mol. The van der Waals surface area contributed by atoms with Gasteiger partial charge in [-0.1, -0.05) is 18.2 Å². The molecule has 0 spiro atoms. The molecule has 0 amide bonds. The Hall–Kier alpha value is -2.68. The van der Waals surface area contributed by atoms with Crippen LogP contribution < -0.4 is 15.8 Å². The number of fused-ring (bicyclic) bond motifs is 1. The molecule has 0 bridgehead atoms. The van der Waals surface area contributed by atoms with Crippen molar-refractivity contribution in [3.63, 3.8) is 0 Å². The van der Waals surface area contributed by atoms with E-state index in [1.165, 1.54) is 6.33 Å². The Morgan fingerprint density at radius 1 is 1.30 bits per heavy atom. The standard InChI is InChI=1S/C16H20N5O5P/c1-2-25-27(23,26-12-6-4-3-5-7-12)11-24-9-8-21-10-18-13-14(21)19-16(17)20-15(13)22/h3-7,10H,2,8-9,11H2,1H3,(H3,17,19,20,22). The van der Waals surface area contributed by atoms with Crippen molar-refractivity contribution in [2.45, 2.75) is 13.5 Å². The van der Waals surface area contributed by atoms with Crippen molar-refractivity contribution in [2.75, 3.05) is 25.3 Å². The molecule has 0 saturated heterocycles. The minimum Gasteiger partial charge on any atom is -0.423 e. The second-order valence-electron chi connectivity index (χ2n) is 5.53. The normalized spacial score (nSPS) is 13.5. The number of hydrogen-bond acceptors (Lipinski definition) is 8. The van der Waals surface area contributed by atoms with E-state index >= 15 is 0 Å². The van der Waals surface area contributed by atoms with E-state index in [0.717, 1.165) is 0 Å². The Labute approximate surface area is 154 Å². The summed E-state index contributed by atoms with van der Waals surface area (Å²) in [6.45, 7) is 2.48. The zero-order valence-electron chi connectivity index (χ0n) is 14.7. The molecule has 11 heteroatoms. The second-order valence-corrected chi connectivity index (χ2v) is 7.45. The van der Waals surface area contributed by atoms with Gasteiger partial charge in [-0.2, -0.15) is 4.98 Å². The molecule has 0 saturated carbocycles. The van der Waals surface area contributed by atoms with Gasteiger partial charge in [-0.25, -0.2) is 9.55 Å². The number of anilines is 1. The lowest BCUT2D eigenvalue weighted by molar-refractivity contribution is 0.141. The molecule has 144 valence electrons. The van der Waals surface area contributed by atoms with Crippen LogP contribution in [0, 0.1) is 0 Å². The molecule has 0 aliphatic heterocycles. The first kappa shape index (κ1) is 19.1. The predicted octanol–water partition coefficient (Wildman–Crippen LogP) is 1.98. The summed E-state index contributed by atoms with van der Waals surface area (Å²) in [6.07, 6.45) is 1.26. The highest BCUT2D eigenvalue weighted by molar-refractivity contribution is 7.54. The lowest BCUT2D eigenvalue weighted by Crippen LogP contribution is -2.13. The number of nitrogens with one attached hydrogen (secondary N) is 1. The highest BCUT2D eigenvalue weighted by atomic mass is 31.2. The summed E-state index contributed by atoms with van der Waals surface area (Å²) >= 11 is 0. The Bertz CT molecular complexity index is 1000. The van der Waals surface area contributed by atoms with Crippen LogP contribution in [-0.4, -0.2) is 39.1 Å². The molecule has 3 N–H and O–H groups in total. The molecule has 27 heavy (non-hydrogen) atoms. The molecule has 3 aromatic rings. The minimum absolute atomic E-state index is 0.00674. The molecule has 10 nitrogen and oxygen atoms in total. The van der Waals surface area contributed by atoms with Crippen molar-refractivity contribution >= 4 is 24.7 Å². The molecule has 0 radical (unpaired) electrons. The number of para-hydroxylation sites is 1. The number of benzene rings is 1. The third-order valence-corrected chi connectivity index (χ3v) is 5.17. The summed E-state index contributed by atoms with van der Waals surface area (Å²) < 4.78 is 30.7. The summed E-state index contributed by atoms with van der Waals surface area (Å²) in [4.78, 5) is 22.2. The summed E-state index contributed by atoms with van der Waals surface area (Å²) in [6, 6.07) is 8.76. The van der Waals surface area contributed by atoms with Crippen molar-refractivity contribution in [2.24, 2.45) is 0 Å². The van der Waals surface area contributed by atoms with Gasteiger partial charge in [0.1, 0.15) is 5.75 Å². The van der Waals surface area contributed by atoms with Gasteiger partial charge >= 0.3 is 7.60 Å². The van der Waals surface area contributed by atoms with Crippen LogP contribution in [0.15, 0.2) is 41.5 Å². The van der Waals surface area contributed by atoms with E-state index < -0.39 is 13.2 Å². The predicted molar refractivity (Wildman–Crippen MR) is 99.7 cm³/mol. The Morgan fingerprint density at radius 2 is 2.07 bits per heavy atom. The van der Waals surface area contributed by atoms with E-state index in [0.29, 0.717) is 17.9 Å². The quantitative estimate of drug-likeness (QED) is 0.416. The van der Waals surface area contributed by atoms with E-state index in [2.05, 4.69) is 15.0 Å². The van der Waals surface area contributed by atoms with Crippen LogP contribution in [0.25, 0.3) is 11.2 Å². The van der Waals surface area contributed by atoms with Crippen LogP contribution in [0.5, 0.6) is 5.75 Å². The van der Waals surface area contributed by atoms with Gasteiger partial charge < -0.3 is 19.6 Å². The Kier molecular flexibility index (Phi) is 5.90. The smallest absolute Gasteiger partial charge is 0.404 e. The van der Waals surface area contributed by atoms with Gasteiger partial charge in [0.05, 0.1) is 19.5 Å². The highest BCUT2D eigenvalue weighted by Gasteiger charge is 2.26. The number of nitrogens with two attached hydrogens (primary N) is 1. The van der Waals surface area contributed by atoms with Gasteiger partial charge in [0, 0.05) is 6.54 Å². The van der Waals surface area contributed by atoms with Crippen molar-refractivity contribution < 1.29 is 18.3 Å². The highest BCUT2D eigenvalue weighted by Crippen LogP contribution is 2.48. The number of hydrogen-bond donors (Lipinski definition) is 2. The summed E-state index contributed by atoms with van der Waals surface area (Å²) in [5.41, 5.74) is 5.70. The fourth-order valence-electron chi connectivity index (χ4n) is 2.40. The molecular formula is C16H20N5O5P. The lowest BCUT2D eigenvalue weighted by Gasteiger charge is -2.18. The first-order chi connectivity index (χ1) is 13.0. The molecule has 2 aromatic heterocycles. The molecule has 1 unspecified atom stereocenters. The largest absolute Gasteiger partial charge is 0.423 e. The van der Waals surface area contributed by atoms with Gasteiger partial charge in [-0.05, 0) is 19.1 Å². The van der Waals surface area contributed by atoms with Gasteiger partial charge in [0.2, 0.25) is 5.95 Å². The molecule has 0 aliphatic carbocycles. The van der Waals surface area contributed by atoms with Crippen molar-refractivity contribution in [1.29, 1.82) is 0 Å². The van der Waals surface area contributed by atoms with Crippen LogP contribution in [0.3, 0.4) is 0 Å². The van der Waals surface area contributed by atoms with Gasteiger partial charge in [0.15, 0.2) is 17.5 Å². The van der Waals surface area contributed by atoms with E-state index in [-0.39, 0.29) is 31.0 Å². The SMILES string of the molecule is CCOP(=O)(COCCn1cnc2c(=O)[nH]c(N)nc21)Oc1ccccc1. The first-order valence-electron chi connectivity index (χ1n) is 8.27. The van der Waals surface area contributed by atoms with Crippen LogP contribution in [0.2, 0.25) is 0 Å². The van der Waals surface area contributed by atoms with Crippen molar-refractivity contribution in [3.8, 4) is 5.75 Å². The van der Waals surface area contributed by atoms with E-state index in [4.69, 9.17) is 19.5 Å². The van der Waals surface area contributed by atoms with Crippen LogP contribution in [-0.2, 0) is 20.4 Å². The number of nitrogen functional groups attached to an aromatic ring is 1. The number of imidazole rings is 1. The van der Waals surface area contributed by atoms with E-state index in [9.17, 15) is 9.36 Å². The zero-order valence-corrected chi connectivity index (χ0v) is 15.6. The molecule has 2 heterocycles. The lowest BCUT2D eigenvalue weighted by atomic mass is 10.3. The minimum atomic E-state index is -3.45. The second kappa shape index (κ2) is 8.34. The fourth-order valence-corrected chi connectivity index (χ4v) is 3.77. The first-order valence-corrected chi connectivity index (χ1v) is 10.00. The molecule has 0 fully saturated rings. The number of aromatic amines is 1. The van der Waals surface area contributed by atoms with Gasteiger partial charge in [0.25, 0.3) is 5.56 Å². The average Bonchev–Trinajstić information content (AvgIpc) is 3.03. The van der Waals surface area contributed by atoms with Gasteiger partial charge in [-0.3, -0.25) is 14.3 Å². The summed E-state index contributed by atoms with van der Waals surface area (Å²) in [5.74, 6) is 0.449. The van der Waals surface area contributed by atoms with Crippen LogP contribution in [0.1, 0.15) is 6.92 Å². The van der Waals surface area contributed by atoms with Gasteiger partial charge in [-0.15, -0.1) is 0 Å². The maximum absolute atomic E-state index is 12.8.